The molecule has 0 aliphatic heterocycles. The van der Waals surface area contributed by atoms with Crippen molar-refractivity contribution in [3.8, 4) is 0 Å². The molecule has 0 saturated heterocycles. The van der Waals surface area contributed by atoms with Crippen LogP contribution in [-0.4, -0.2) is 22.1 Å². The first kappa shape index (κ1) is 15.4. The molecule has 0 aliphatic rings. The lowest BCUT2D eigenvalue weighted by molar-refractivity contribution is 0.0261. The van der Waals surface area contributed by atoms with Crippen molar-refractivity contribution in [2.75, 3.05) is 6.61 Å². The lowest BCUT2D eigenvalue weighted by Crippen LogP contribution is -2.28. The van der Waals surface area contributed by atoms with Gasteiger partial charge < -0.3 is 9.47 Å². The Morgan fingerprint density at radius 3 is 2.07 bits per heavy atom. The monoisotopic (exact) mass is 296 g/mol. The van der Waals surface area contributed by atoms with E-state index in [2.05, 4.69) is 4.74 Å². The Kier molecular flexibility index (Phi) is 5.83. The quantitative estimate of drug-likeness (QED) is 0.568. The highest BCUT2D eigenvalue weighted by molar-refractivity contribution is 6.70. The highest BCUT2D eigenvalue weighted by Gasteiger charge is 2.35. The largest absolute Gasteiger partial charge is 0.509 e. The van der Waals surface area contributed by atoms with Gasteiger partial charge in [0, 0.05) is 0 Å². The van der Waals surface area contributed by atoms with E-state index in [9.17, 15) is 4.79 Å². The molecule has 15 heavy (non-hydrogen) atoms. The predicted molar refractivity (Wildman–Crippen MR) is 61.8 cm³/mol. The van der Waals surface area contributed by atoms with Crippen LogP contribution < -0.4 is 0 Å². The second-order valence-corrected chi connectivity index (χ2v) is 6.84. The fourth-order valence-electron chi connectivity index (χ4n) is 0.461. The summed E-state index contributed by atoms with van der Waals surface area (Å²) in [5.41, 5.74) is -1.55. The maximum absolute atomic E-state index is 11.0. The number of carbonyl (C=O) groups is 1. The molecule has 0 spiro atoms. The summed E-state index contributed by atoms with van der Waals surface area (Å²) in [5, 5.41) is 0. The molecule has 1 atom stereocenters. The van der Waals surface area contributed by atoms with Crippen molar-refractivity contribution in [2.24, 2.45) is 5.41 Å². The normalized spacial score (nSPS) is 14.6. The molecule has 0 rings (SSSR count). The molecule has 1 unspecified atom stereocenters. The van der Waals surface area contributed by atoms with E-state index in [0.29, 0.717) is 0 Å². The topological polar surface area (TPSA) is 35.5 Å². The first-order valence-electron chi connectivity index (χ1n) is 4.06. The third kappa shape index (κ3) is 8.26. The van der Waals surface area contributed by atoms with Gasteiger partial charge in [0.15, 0.2) is 0 Å². The Bertz CT molecular complexity index is 219. The summed E-state index contributed by atoms with van der Waals surface area (Å²) in [6.45, 7) is 5.88. The van der Waals surface area contributed by atoms with Crippen LogP contribution in [0.15, 0.2) is 0 Å². The van der Waals surface area contributed by atoms with Gasteiger partial charge in [-0.2, -0.15) is 0 Å². The van der Waals surface area contributed by atoms with Crippen molar-refractivity contribution in [1.29, 1.82) is 0 Å². The maximum atomic E-state index is 11.0. The van der Waals surface area contributed by atoms with E-state index in [1.54, 1.807) is 0 Å². The van der Waals surface area contributed by atoms with Crippen LogP contribution in [0.5, 0.6) is 0 Å². The fourth-order valence-corrected chi connectivity index (χ4v) is 0.667. The van der Waals surface area contributed by atoms with Gasteiger partial charge in [-0.1, -0.05) is 67.2 Å². The number of halogens is 4. The van der Waals surface area contributed by atoms with Crippen LogP contribution in [0.3, 0.4) is 0 Å². The van der Waals surface area contributed by atoms with Crippen molar-refractivity contribution in [1.82, 2.24) is 0 Å². The zero-order chi connectivity index (χ0) is 12.3. The number of hydrogen-bond donors (Lipinski definition) is 0. The van der Waals surface area contributed by atoms with E-state index >= 15 is 0 Å². The summed E-state index contributed by atoms with van der Waals surface area (Å²) in [6, 6.07) is 0. The Balaban J connectivity index is 3.96. The maximum Gasteiger partial charge on any atom is 0.509 e. The molecule has 90 valence electrons. The molecule has 0 fully saturated rings. The van der Waals surface area contributed by atoms with Crippen LogP contribution in [0.2, 0.25) is 0 Å². The molecule has 0 aromatic carbocycles. The first-order valence-corrected chi connectivity index (χ1v) is 5.63. The second kappa shape index (κ2) is 5.67. The Morgan fingerprint density at radius 1 is 1.27 bits per heavy atom. The fraction of sp³-hybridized carbons (Fsp3) is 0.875. The molecule has 0 N–H and O–H groups in total. The van der Waals surface area contributed by atoms with Gasteiger partial charge in [-0.15, -0.1) is 0 Å². The third-order valence-corrected chi connectivity index (χ3v) is 2.43. The van der Waals surface area contributed by atoms with Crippen LogP contribution in [0.1, 0.15) is 20.8 Å². The summed E-state index contributed by atoms with van der Waals surface area (Å²) in [5.74, 6) is 0. The molecule has 0 aliphatic carbocycles. The zero-order valence-electron chi connectivity index (χ0n) is 8.52. The Morgan fingerprint density at radius 2 is 1.73 bits per heavy atom. The van der Waals surface area contributed by atoms with Gasteiger partial charge in [-0.3, -0.25) is 0 Å². The van der Waals surface area contributed by atoms with Gasteiger partial charge in [0.05, 0.1) is 6.61 Å². The van der Waals surface area contributed by atoms with Crippen LogP contribution in [0, 0.1) is 5.41 Å². The van der Waals surface area contributed by atoms with Gasteiger partial charge in [-0.25, -0.2) is 4.79 Å². The number of rotatable bonds is 2. The highest BCUT2D eigenvalue weighted by atomic mass is 35.6. The minimum atomic E-state index is -1.87. The van der Waals surface area contributed by atoms with E-state index < -0.39 is 15.5 Å². The molecule has 3 nitrogen and oxygen atoms in total. The number of alkyl halides is 4. The SMILES string of the molecule is CC(C)(C)COC(=O)OC(Cl)C(Cl)(Cl)Cl. The minimum Gasteiger partial charge on any atom is -0.434 e. The number of hydrogen-bond acceptors (Lipinski definition) is 3. The summed E-state index contributed by atoms with van der Waals surface area (Å²) >= 11 is 21.6. The molecule has 0 heterocycles. The Labute approximate surface area is 109 Å². The molecular weight excluding hydrogens is 286 g/mol. The summed E-state index contributed by atoms with van der Waals surface area (Å²) in [6.07, 6.45) is -0.962. The molecule has 0 aromatic heterocycles. The van der Waals surface area contributed by atoms with Crippen molar-refractivity contribution in [3.05, 3.63) is 0 Å². The van der Waals surface area contributed by atoms with Crippen molar-refractivity contribution in [3.63, 3.8) is 0 Å². The van der Waals surface area contributed by atoms with E-state index in [0.717, 1.165) is 0 Å². The van der Waals surface area contributed by atoms with Crippen LogP contribution in [-0.2, 0) is 9.47 Å². The summed E-state index contributed by atoms with van der Waals surface area (Å²) < 4.78 is 7.40. The Hall–Kier alpha value is 0.430. The molecular formula is C8H12Cl4O3. The smallest absolute Gasteiger partial charge is 0.434 e. The van der Waals surface area contributed by atoms with E-state index in [1.165, 1.54) is 0 Å². The van der Waals surface area contributed by atoms with Crippen LogP contribution >= 0.6 is 46.4 Å². The number of ether oxygens (including phenoxy) is 2. The average Bonchev–Trinajstić information content (AvgIpc) is 1.97. The average molecular weight is 298 g/mol. The van der Waals surface area contributed by atoms with Crippen molar-refractivity contribution >= 4 is 52.6 Å². The lowest BCUT2D eigenvalue weighted by Gasteiger charge is -2.20. The van der Waals surface area contributed by atoms with Crippen molar-refractivity contribution < 1.29 is 14.3 Å². The number of carbonyl (C=O) groups excluding carboxylic acids is 1. The zero-order valence-corrected chi connectivity index (χ0v) is 11.5. The van der Waals surface area contributed by atoms with Gasteiger partial charge in [0.25, 0.3) is 0 Å². The summed E-state index contributed by atoms with van der Waals surface area (Å²) in [4.78, 5) is 11.0. The lowest BCUT2D eigenvalue weighted by atomic mass is 9.99. The van der Waals surface area contributed by atoms with Crippen LogP contribution in [0.25, 0.3) is 0 Å². The standard InChI is InChI=1S/C8H12Cl4O3/c1-7(2,3)4-14-6(13)15-5(9)8(10,11)12/h5H,4H2,1-3H3. The predicted octanol–water partition coefficient (Wildman–Crippen LogP) is 4.12. The van der Waals surface area contributed by atoms with Gasteiger partial charge in [0.2, 0.25) is 9.36 Å². The molecule has 0 saturated carbocycles. The van der Waals surface area contributed by atoms with Crippen molar-refractivity contribution in [2.45, 2.75) is 30.1 Å². The second-order valence-electron chi connectivity index (χ2n) is 4.07. The van der Waals surface area contributed by atoms with E-state index in [4.69, 9.17) is 51.1 Å². The van der Waals surface area contributed by atoms with Gasteiger partial charge in [0.1, 0.15) is 0 Å². The van der Waals surface area contributed by atoms with E-state index in [-0.39, 0.29) is 12.0 Å². The summed E-state index contributed by atoms with van der Waals surface area (Å²) in [7, 11) is 0. The minimum absolute atomic E-state index is 0.166. The van der Waals surface area contributed by atoms with Gasteiger partial charge in [-0.05, 0) is 5.41 Å². The third-order valence-electron chi connectivity index (χ3n) is 1.08. The molecule has 0 bridgehead atoms. The highest BCUT2D eigenvalue weighted by Crippen LogP contribution is 2.34. The first-order chi connectivity index (χ1) is 6.52. The molecule has 0 amide bonds. The van der Waals surface area contributed by atoms with Crippen LogP contribution in [0.4, 0.5) is 4.79 Å². The van der Waals surface area contributed by atoms with Gasteiger partial charge >= 0.3 is 6.16 Å². The molecule has 7 heteroatoms. The molecule has 0 aromatic rings. The van der Waals surface area contributed by atoms with E-state index in [1.807, 2.05) is 20.8 Å². The molecule has 0 radical (unpaired) electrons.